The highest BCUT2D eigenvalue weighted by Gasteiger charge is 2.41. The Bertz CT molecular complexity index is 1490. The van der Waals surface area contributed by atoms with Crippen LogP contribution in [0.5, 0.6) is 17.2 Å². The standard InChI is InChI=1S/C30H29F3N2O4/c1-2-20-8-10-22(11-9-20)38-28-26(37)23-12-13-25(36)24(27(23)39-29(28)30(31,32)33)19-35-16-14-34(15-17-35)18-21-6-4-3-5-7-21/h3-13,36H,2,14-19H2,1H3. The molecular formula is C30H29F3N2O4. The molecule has 0 spiro atoms. The number of rotatable bonds is 7. The normalized spacial score (nSPS) is 15.1. The Morgan fingerprint density at radius 2 is 1.51 bits per heavy atom. The molecule has 1 fully saturated rings. The molecule has 3 aromatic carbocycles. The van der Waals surface area contributed by atoms with Gasteiger partial charge in [-0.1, -0.05) is 49.4 Å². The number of aromatic hydroxyl groups is 1. The lowest BCUT2D eigenvalue weighted by atomic mass is 10.1. The molecule has 0 aliphatic carbocycles. The van der Waals surface area contributed by atoms with E-state index in [-0.39, 0.29) is 34.6 Å². The molecule has 2 heterocycles. The lowest BCUT2D eigenvalue weighted by molar-refractivity contribution is -0.154. The molecule has 0 radical (unpaired) electrons. The molecule has 1 aliphatic heterocycles. The predicted molar refractivity (Wildman–Crippen MR) is 142 cm³/mol. The fourth-order valence-corrected chi connectivity index (χ4v) is 4.80. The Hall–Kier alpha value is -3.82. The van der Waals surface area contributed by atoms with Crippen LogP contribution in [0.15, 0.2) is 75.9 Å². The molecule has 1 N–H and O–H groups in total. The molecule has 0 saturated carbocycles. The summed E-state index contributed by atoms with van der Waals surface area (Å²) < 4.78 is 53.1. The first-order valence-electron chi connectivity index (χ1n) is 12.9. The van der Waals surface area contributed by atoms with Crippen molar-refractivity contribution in [2.75, 3.05) is 26.2 Å². The van der Waals surface area contributed by atoms with E-state index >= 15 is 0 Å². The zero-order valence-corrected chi connectivity index (χ0v) is 21.5. The van der Waals surface area contributed by atoms with E-state index in [0.717, 1.165) is 31.6 Å². The van der Waals surface area contributed by atoms with Crippen LogP contribution in [0, 0.1) is 0 Å². The summed E-state index contributed by atoms with van der Waals surface area (Å²) >= 11 is 0. The highest BCUT2D eigenvalue weighted by atomic mass is 19.4. The van der Waals surface area contributed by atoms with Crippen molar-refractivity contribution in [1.82, 2.24) is 9.80 Å². The summed E-state index contributed by atoms with van der Waals surface area (Å²) in [6.07, 6.45) is -4.24. The average Bonchev–Trinajstić information content (AvgIpc) is 2.93. The minimum atomic E-state index is -4.99. The average molecular weight is 539 g/mol. The molecule has 6 nitrogen and oxygen atoms in total. The highest BCUT2D eigenvalue weighted by molar-refractivity contribution is 5.83. The lowest BCUT2D eigenvalue weighted by Gasteiger charge is -2.34. The van der Waals surface area contributed by atoms with Crippen molar-refractivity contribution < 1.29 is 27.4 Å². The number of alkyl halides is 3. The highest BCUT2D eigenvalue weighted by Crippen LogP contribution is 2.40. The van der Waals surface area contributed by atoms with E-state index in [2.05, 4.69) is 17.0 Å². The van der Waals surface area contributed by atoms with E-state index < -0.39 is 23.1 Å². The molecule has 1 aromatic heterocycles. The maximum Gasteiger partial charge on any atom is 0.453 e. The number of ether oxygens (including phenoxy) is 1. The van der Waals surface area contributed by atoms with Crippen LogP contribution >= 0.6 is 0 Å². The Morgan fingerprint density at radius 3 is 2.13 bits per heavy atom. The van der Waals surface area contributed by atoms with Gasteiger partial charge in [0.1, 0.15) is 17.1 Å². The van der Waals surface area contributed by atoms with Crippen LogP contribution in [0.3, 0.4) is 0 Å². The number of nitrogens with zero attached hydrogens (tertiary/aromatic N) is 2. The van der Waals surface area contributed by atoms with Gasteiger partial charge in [0.25, 0.3) is 5.76 Å². The fourth-order valence-electron chi connectivity index (χ4n) is 4.80. The second kappa shape index (κ2) is 11.1. The van der Waals surface area contributed by atoms with Gasteiger partial charge < -0.3 is 14.3 Å². The van der Waals surface area contributed by atoms with Crippen LogP contribution < -0.4 is 10.2 Å². The van der Waals surface area contributed by atoms with Gasteiger partial charge in [-0.15, -0.1) is 0 Å². The lowest BCUT2D eigenvalue weighted by Crippen LogP contribution is -2.45. The van der Waals surface area contributed by atoms with Gasteiger partial charge in [0.15, 0.2) is 0 Å². The van der Waals surface area contributed by atoms with E-state index in [4.69, 9.17) is 9.15 Å². The van der Waals surface area contributed by atoms with Gasteiger partial charge in [-0.25, -0.2) is 0 Å². The second-order valence-corrected chi connectivity index (χ2v) is 9.66. The number of hydrogen-bond acceptors (Lipinski definition) is 6. The molecule has 0 amide bonds. The number of aryl methyl sites for hydroxylation is 1. The van der Waals surface area contributed by atoms with Crippen molar-refractivity contribution in [3.05, 3.63) is 99.4 Å². The van der Waals surface area contributed by atoms with Crippen LogP contribution in [0.1, 0.15) is 29.4 Å². The topological polar surface area (TPSA) is 66.2 Å². The van der Waals surface area contributed by atoms with Crippen molar-refractivity contribution in [2.45, 2.75) is 32.6 Å². The summed E-state index contributed by atoms with van der Waals surface area (Å²) in [4.78, 5) is 17.6. The molecule has 0 unspecified atom stereocenters. The van der Waals surface area contributed by atoms with Crippen molar-refractivity contribution in [3.8, 4) is 17.2 Å². The Labute approximate surface area is 223 Å². The van der Waals surface area contributed by atoms with Crippen LogP contribution in [0.25, 0.3) is 11.0 Å². The molecule has 204 valence electrons. The second-order valence-electron chi connectivity index (χ2n) is 9.66. The van der Waals surface area contributed by atoms with Crippen LogP contribution in [0.2, 0.25) is 0 Å². The van der Waals surface area contributed by atoms with Crippen LogP contribution in [-0.2, 0) is 25.7 Å². The number of piperazine rings is 1. The van der Waals surface area contributed by atoms with Crippen LogP contribution in [0.4, 0.5) is 13.2 Å². The van der Waals surface area contributed by atoms with Gasteiger partial charge in [-0.3, -0.25) is 14.6 Å². The Morgan fingerprint density at radius 1 is 0.872 bits per heavy atom. The summed E-state index contributed by atoms with van der Waals surface area (Å²) in [5, 5.41) is 10.5. The van der Waals surface area contributed by atoms with Gasteiger partial charge in [-0.05, 0) is 41.8 Å². The first-order valence-corrected chi connectivity index (χ1v) is 12.9. The summed E-state index contributed by atoms with van der Waals surface area (Å²) in [5.41, 5.74) is 1.10. The van der Waals surface area contributed by atoms with Gasteiger partial charge in [-0.2, -0.15) is 13.2 Å². The molecule has 9 heteroatoms. The number of benzene rings is 3. The smallest absolute Gasteiger partial charge is 0.453 e. The third-order valence-electron chi connectivity index (χ3n) is 7.00. The summed E-state index contributed by atoms with van der Waals surface area (Å²) in [7, 11) is 0. The van der Waals surface area contributed by atoms with Gasteiger partial charge in [0.2, 0.25) is 11.2 Å². The third kappa shape index (κ3) is 5.94. The maximum absolute atomic E-state index is 14.1. The molecule has 4 aromatic rings. The third-order valence-corrected chi connectivity index (χ3v) is 7.00. The summed E-state index contributed by atoms with van der Waals surface area (Å²) in [6.45, 7) is 5.71. The number of halogens is 3. The van der Waals surface area contributed by atoms with Crippen LogP contribution in [-0.4, -0.2) is 41.1 Å². The minimum absolute atomic E-state index is 0.0845. The maximum atomic E-state index is 14.1. The summed E-state index contributed by atoms with van der Waals surface area (Å²) in [5.74, 6) is -2.59. The molecule has 0 atom stereocenters. The molecule has 5 rings (SSSR count). The number of phenolic OH excluding ortho intramolecular Hbond substituents is 1. The number of hydrogen-bond donors (Lipinski definition) is 1. The SMILES string of the molecule is CCc1ccc(Oc2c(C(F)(F)F)oc3c(CN4CCN(Cc5ccccc5)CC4)c(O)ccc3c2=O)cc1. The van der Waals surface area contributed by atoms with E-state index in [0.29, 0.717) is 13.1 Å². The Kier molecular flexibility index (Phi) is 7.63. The zero-order chi connectivity index (χ0) is 27.6. The molecule has 39 heavy (non-hydrogen) atoms. The minimum Gasteiger partial charge on any atom is -0.507 e. The van der Waals surface area contributed by atoms with E-state index in [9.17, 15) is 23.1 Å². The first kappa shape index (κ1) is 26.8. The van der Waals surface area contributed by atoms with E-state index in [1.807, 2.05) is 30.0 Å². The largest absolute Gasteiger partial charge is 0.507 e. The number of fused-ring (bicyclic) bond motifs is 1. The van der Waals surface area contributed by atoms with Gasteiger partial charge in [0.05, 0.1) is 10.9 Å². The first-order chi connectivity index (χ1) is 18.7. The summed E-state index contributed by atoms with van der Waals surface area (Å²) in [6, 6.07) is 19.2. The van der Waals surface area contributed by atoms with Gasteiger partial charge in [0, 0.05) is 39.3 Å². The molecular weight excluding hydrogens is 509 g/mol. The quantitative estimate of drug-likeness (QED) is 0.303. The van der Waals surface area contributed by atoms with E-state index in [1.165, 1.54) is 29.8 Å². The van der Waals surface area contributed by atoms with Crippen molar-refractivity contribution in [2.24, 2.45) is 0 Å². The van der Waals surface area contributed by atoms with Crippen molar-refractivity contribution >= 4 is 11.0 Å². The monoisotopic (exact) mass is 538 g/mol. The fraction of sp³-hybridized carbons (Fsp3) is 0.300. The van der Waals surface area contributed by atoms with Crippen molar-refractivity contribution in [3.63, 3.8) is 0 Å². The predicted octanol–water partition coefficient (Wildman–Crippen LogP) is 6.19. The number of phenols is 1. The molecule has 1 saturated heterocycles. The molecule has 1 aliphatic rings. The van der Waals surface area contributed by atoms with E-state index in [1.54, 1.807) is 12.1 Å². The Balaban J connectivity index is 1.43. The zero-order valence-electron chi connectivity index (χ0n) is 21.5. The van der Waals surface area contributed by atoms with Crippen molar-refractivity contribution in [1.29, 1.82) is 0 Å². The molecule has 0 bridgehead atoms. The van der Waals surface area contributed by atoms with Gasteiger partial charge >= 0.3 is 6.18 Å².